The van der Waals surface area contributed by atoms with Crippen LogP contribution in [0, 0.1) is 0 Å². The largest absolute Gasteiger partial charge is 0.341 e. The number of rotatable bonds is 4. The molecule has 0 aliphatic rings. The minimum Gasteiger partial charge on any atom is -0.341 e. The highest BCUT2D eigenvalue weighted by atomic mass is 16.2. The van der Waals surface area contributed by atoms with Gasteiger partial charge in [-0.1, -0.05) is 43.3 Å². The number of carbonyl (C=O) groups excluding carboxylic acids is 1. The van der Waals surface area contributed by atoms with Crippen LogP contribution < -0.4 is 5.32 Å². The highest BCUT2D eigenvalue weighted by Crippen LogP contribution is 2.32. The van der Waals surface area contributed by atoms with Gasteiger partial charge in [0, 0.05) is 14.1 Å². The van der Waals surface area contributed by atoms with Gasteiger partial charge in [0.2, 0.25) is 0 Å². The summed E-state index contributed by atoms with van der Waals surface area (Å²) >= 11 is 0. The molecular weight excluding hydrogens is 212 g/mol. The lowest BCUT2D eigenvalue weighted by atomic mass is 9.86. The first-order valence-corrected chi connectivity index (χ1v) is 5.77. The van der Waals surface area contributed by atoms with Gasteiger partial charge in [-0.15, -0.1) is 6.58 Å². The minimum absolute atomic E-state index is 0.115. The molecule has 3 nitrogen and oxygen atoms in total. The number of nitrogens with zero attached hydrogens (tertiary/aromatic N) is 1. The Kier molecular flexibility index (Phi) is 4.32. The molecule has 1 aromatic carbocycles. The second kappa shape index (κ2) is 5.53. The van der Waals surface area contributed by atoms with Crippen molar-refractivity contribution in [2.75, 3.05) is 14.1 Å². The molecule has 2 amide bonds. The molecule has 0 bridgehead atoms. The fourth-order valence-corrected chi connectivity index (χ4v) is 2.11. The van der Waals surface area contributed by atoms with Crippen LogP contribution in [-0.2, 0) is 5.54 Å². The summed E-state index contributed by atoms with van der Waals surface area (Å²) in [7, 11) is 3.42. The third kappa shape index (κ3) is 2.33. The average molecular weight is 232 g/mol. The monoisotopic (exact) mass is 232 g/mol. The summed E-state index contributed by atoms with van der Waals surface area (Å²) in [6.07, 6.45) is 2.61. The molecule has 92 valence electrons. The van der Waals surface area contributed by atoms with Gasteiger partial charge in [0.05, 0.1) is 5.54 Å². The minimum atomic E-state index is -0.457. The van der Waals surface area contributed by atoms with Crippen molar-refractivity contribution in [1.29, 1.82) is 0 Å². The van der Waals surface area contributed by atoms with Gasteiger partial charge < -0.3 is 10.2 Å². The second-order valence-corrected chi connectivity index (χ2v) is 3.96. The molecule has 0 saturated carbocycles. The smallest absolute Gasteiger partial charge is 0.317 e. The molecule has 0 aliphatic carbocycles. The van der Waals surface area contributed by atoms with Crippen molar-refractivity contribution in [1.82, 2.24) is 10.2 Å². The summed E-state index contributed by atoms with van der Waals surface area (Å²) in [4.78, 5) is 13.5. The molecule has 0 aliphatic heterocycles. The van der Waals surface area contributed by atoms with Crippen molar-refractivity contribution in [3.63, 3.8) is 0 Å². The Bertz CT molecular complexity index is 388. The van der Waals surface area contributed by atoms with Crippen LogP contribution in [0.15, 0.2) is 43.0 Å². The Morgan fingerprint density at radius 1 is 1.47 bits per heavy atom. The third-order valence-electron chi connectivity index (χ3n) is 3.27. The first-order valence-electron chi connectivity index (χ1n) is 5.77. The van der Waals surface area contributed by atoms with E-state index in [0.717, 1.165) is 12.0 Å². The van der Waals surface area contributed by atoms with E-state index in [2.05, 4.69) is 11.9 Å². The number of benzene rings is 1. The standard InChI is InChI=1S/C14H20N2O/c1-5-14(6-2,16(4)13(17)15-3)12-10-8-7-9-11-12/h5,7-11H,1,6H2,2-4H3,(H,15,17)/t14-/m1/s1. The normalized spacial score (nSPS) is 13.6. The topological polar surface area (TPSA) is 32.3 Å². The van der Waals surface area contributed by atoms with Gasteiger partial charge >= 0.3 is 6.03 Å². The number of nitrogens with one attached hydrogen (secondary N) is 1. The lowest BCUT2D eigenvalue weighted by Gasteiger charge is -2.39. The highest BCUT2D eigenvalue weighted by molar-refractivity contribution is 5.75. The van der Waals surface area contributed by atoms with Gasteiger partial charge in [0.15, 0.2) is 0 Å². The molecule has 1 atom stereocenters. The SMILES string of the molecule is C=C[C@@](CC)(c1ccccc1)N(C)C(=O)NC. The molecular formula is C14H20N2O. The summed E-state index contributed by atoms with van der Waals surface area (Å²) in [5.41, 5.74) is 0.616. The zero-order valence-electron chi connectivity index (χ0n) is 10.7. The zero-order chi connectivity index (χ0) is 12.9. The van der Waals surface area contributed by atoms with Gasteiger partial charge in [-0.25, -0.2) is 4.79 Å². The molecule has 0 heterocycles. The first kappa shape index (κ1) is 13.3. The second-order valence-electron chi connectivity index (χ2n) is 3.96. The van der Waals surface area contributed by atoms with Gasteiger partial charge in [0.25, 0.3) is 0 Å². The van der Waals surface area contributed by atoms with E-state index >= 15 is 0 Å². The number of carbonyl (C=O) groups is 1. The number of likely N-dealkylation sites (N-methyl/N-ethyl adjacent to an activating group) is 1. The lowest BCUT2D eigenvalue weighted by molar-refractivity contribution is 0.160. The molecule has 0 saturated heterocycles. The van der Waals surface area contributed by atoms with E-state index in [0.29, 0.717) is 0 Å². The summed E-state index contributed by atoms with van der Waals surface area (Å²) in [6, 6.07) is 9.83. The molecule has 0 unspecified atom stereocenters. The Hall–Kier alpha value is -1.77. The molecule has 3 heteroatoms. The Morgan fingerprint density at radius 2 is 2.06 bits per heavy atom. The highest BCUT2D eigenvalue weighted by Gasteiger charge is 2.34. The van der Waals surface area contributed by atoms with Crippen LogP contribution in [0.1, 0.15) is 18.9 Å². The number of amides is 2. The molecule has 0 fully saturated rings. The Labute approximate surface area is 103 Å². The Balaban J connectivity index is 3.23. The van der Waals surface area contributed by atoms with Crippen LogP contribution in [0.25, 0.3) is 0 Å². The molecule has 0 radical (unpaired) electrons. The maximum atomic E-state index is 11.8. The summed E-state index contributed by atoms with van der Waals surface area (Å²) in [5.74, 6) is 0. The van der Waals surface area contributed by atoms with Gasteiger partial charge in [-0.3, -0.25) is 0 Å². The third-order valence-corrected chi connectivity index (χ3v) is 3.27. The summed E-state index contributed by atoms with van der Waals surface area (Å²) in [6.45, 7) is 5.95. The van der Waals surface area contributed by atoms with Crippen molar-refractivity contribution in [3.05, 3.63) is 48.6 Å². The van der Waals surface area contributed by atoms with Gasteiger partial charge in [-0.2, -0.15) is 0 Å². The average Bonchev–Trinajstić information content (AvgIpc) is 2.41. The summed E-state index contributed by atoms with van der Waals surface area (Å²) in [5, 5.41) is 2.65. The first-order chi connectivity index (χ1) is 8.12. The molecule has 17 heavy (non-hydrogen) atoms. The van der Waals surface area contributed by atoms with E-state index in [9.17, 15) is 4.79 Å². The van der Waals surface area contributed by atoms with Crippen molar-refractivity contribution in [3.8, 4) is 0 Å². The molecule has 1 aromatic rings. The van der Waals surface area contributed by atoms with E-state index in [1.807, 2.05) is 43.3 Å². The van der Waals surface area contributed by atoms with Crippen molar-refractivity contribution in [2.45, 2.75) is 18.9 Å². The van der Waals surface area contributed by atoms with Crippen LogP contribution in [0.5, 0.6) is 0 Å². The maximum Gasteiger partial charge on any atom is 0.317 e. The maximum absolute atomic E-state index is 11.8. The van der Waals surface area contributed by atoms with Crippen LogP contribution in [-0.4, -0.2) is 25.0 Å². The van der Waals surface area contributed by atoms with Gasteiger partial charge in [0.1, 0.15) is 0 Å². The zero-order valence-corrected chi connectivity index (χ0v) is 10.7. The van der Waals surface area contributed by atoms with Crippen LogP contribution >= 0.6 is 0 Å². The van der Waals surface area contributed by atoms with Crippen molar-refractivity contribution >= 4 is 6.03 Å². The number of urea groups is 1. The van der Waals surface area contributed by atoms with E-state index < -0.39 is 5.54 Å². The quantitative estimate of drug-likeness (QED) is 0.795. The number of hydrogen-bond acceptors (Lipinski definition) is 1. The van der Waals surface area contributed by atoms with Crippen LogP contribution in [0.3, 0.4) is 0 Å². The fraction of sp³-hybridized carbons (Fsp3) is 0.357. The van der Waals surface area contributed by atoms with E-state index in [1.54, 1.807) is 19.0 Å². The van der Waals surface area contributed by atoms with E-state index in [-0.39, 0.29) is 6.03 Å². The Morgan fingerprint density at radius 3 is 2.47 bits per heavy atom. The van der Waals surface area contributed by atoms with E-state index in [1.165, 1.54) is 0 Å². The molecule has 1 rings (SSSR count). The molecule has 0 aromatic heterocycles. The lowest BCUT2D eigenvalue weighted by Crippen LogP contribution is -2.48. The predicted octanol–water partition coefficient (Wildman–Crippen LogP) is 2.75. The van der Waals surface area contributed by atoms with Crippen molar-refractivity contribution < 1.29 is 4.79 Å². The summed E-state index contributed by atoms with van der Waals surface area (Å²) < 4.78 is 0. The molecule has 0 spiro atoms. The van der Waals surface area contributed by atoms with Gasteiger partial charge in [-0.05, 0) is 12.0 Å². The number of hydrogen-bond donors (Lipinski definition) is 1. The van der Waals surface area contributed by atoms with Crippen LogP contribution in [0.4, 0.5) is 4.79 Å². The van der Waals surface area contributed by atoms with Crippen LogP contribution in [0.2, 0.25) is 0 Å². The molecule has 1 N–H and O–H groups in total. The fourth-order valence-electron chi connectivity index (χ4n) is 2.11. The predicted molar refractivity (Wildman–Crippen MR) is 70.8 cm³/mol. The van der Waals surface area contributed by atoms with Crippen molar-refractivity contribution in [2.24, 2.45) is 0 Å². The van der Waals surface area contributed by atoms with E-state index in [4.69, 9.17) is 0 Å².